The van der Waals surface area contributed by atoms with Gasteiger partial charge in [-0.1, -0.05) is 212 Å². The summed E-state index contributed by atoms with van der Waals surface area (Å²) in [5, 5.41) is 2.48. The minimum absolute atomic E-state index is 0.511. The molecule has 0 fully saturated rings. The van der Waals surface area contributed by atoms with E-state index in [4.69, 9.17) is 0 Å². The third-order valence-electron chi connectivity index (χ3n) is 12.3. The summed E-state index contributed by atoms with van der Waals surface area (Å²) in [7, 11) is 0. The summed E-state index contributed by atoms with van der Waals surface area (Å²) in [4.78, 5) is 2.44. The lowest BCUT2D eigenvalue weighted by Gasteiger charge is -2.35. The molecule has 0 N–H and O–H groups in total. The molecule has 0 saturated heterocycles. The number of rotatable bonds is 8. The Kier molecular flexibility index (Phi) is 8.79. The third-order valence-corrected chi connectivity index (χ3v) is 12.3. The summed E-state index contributed by atoms with van der Waals surface area (Å²) in [6, 6.07) is 91.1. The van der Waals surface area contributed by atoms with Crippen molar-refractivity contribution in [1.82, 2.24) is 0 Å². The Morgan fingerprint density at radius 3 is 1.45 bits per heavy atom. The number of nitrogens with zero attached hydrogens (tertiary/aromatic N) is 1. The highest BCUT2D eigenvalue weighted by atomic mass is 15.1. The number of fused-ring (bicyclic) bond motifs is 4. The topological polar surface area (TPSA) is 3.24 Å². The van der Waals surface area contributed by atoms with Gasteiger partial charge in [0.05, 0.1) is 5.41 Å². The Morgan fingerprint density at radius 2 is 0.733 bits per heavy atom. The van der Waals surface area contributed by atoms with Crippen LogP contribution in [-0.4, -0.2) is 0 Å². The average molecular weight is 764 g/mol. The molecule has 1 aliphatic rings. The van der Waals surface area contributed by atoms with Crippen LogP contribution in [0.25, 0.3) is 55.3 Å². The maximum Gasteiger partial charge on any atom is 0.0714 e. The molecule has 282 valence electrons. The van der Waals surface area contributed by atoms with Crippen molar-refractivity contribution in [1.29, 1.82) is 0 Å². The first-order chi connectivity index (χ1) is 29.8. The van der Waals surface area contributed by atoms with Gasteiger partial charge in [-0.2, -0.15) is 0 Å². The van der Waals surface area contributed by atoms with E-state index in [0.29, 0.717) is 0 Å². The molecule has 1 heteroatoms. The van der Waals surface area contributed by atoms with Crippen molar-refractivity contribution in [2.24, 2.45) is 0 Å². The fraction of sp³-hybridized carbons (Fsp3) is 0.0169. The average Bonchev–Trinajstić information content (AvgIpc) is 3.63. The van der Waals surface area contributed by atoms with Crippen LogP contribution < -0.4 is 4.90 Å². The standard InChI is InChI=1S/C59H41N/c1-4-17-42(18-5-1)43-33-35-44(36-34-43)46-21-14-27-50(39-46)60(51-28-15-22-47(40-51)54-31-16-20-45-19-10-11-29-53(45)54)52-37-38-56-55-30-12-13-32-57(55)59(58(56)41-52,48-23-6-2-7-24-48)49-25-8-3-9-26-49/h1-41H. The summed E-state index contributed by atoms with van der Waals surface area (Å²) in [5.74, 6) is 0. The Balaban J connectivity index is 1.12. The van der Waals surface area contributed by atoms with Crippen LogP contribution in [0.2, 0.25) is 0 Å². The lowest BCUT2D eigenvalue weighted by Crippen LogP contribution is -2.28. The maximum atomic E-state index is 2.46. The van der Waals surface area contributed by atoms with Gasteiger partial charge in [0.25, 0.3) is 0 Å². The van der Waals surface area contributed by atoms with Crippen molar-refractivity contribution in [2.45, 2.75) is 5.41 Å². The molecule has 0 bridgehead atoms. The fourth-order valence-electron chi connectivity index (χ4n) is 9.62. The van der Waals surface area contributed by atoms with Crippen LogP contribution in [0.4, 0.5) is 17.1 Å². The predicted octanol–water partition coefficient (Wildman–Crippen LogP) is 15.7. The highest BCUT2D eigenvalue weighted by Gasteiger charge is 2.46. The van der Waals surface area contributed by atoms with E-state index >= 15 is 0 Å². The first kappa shape index (κ1) is 35.4. The molecule has 0 unspecified atom stereocenters. The molecule has 0 aromatic heterocycles. The van der Waals surface area contributed by atoms with Gasteiger partial charge >= 0.3 is 0 Å². The summed E-state index contributed by atoms with van der Waals surface area (Å²) < 4.78 is 0. The third kappa shape index (κ3) is 5.94. The lowest BCUT2D eigenvalue weighted by molar-refractivity contribution is 0.768. The van der Waals surface area contributed by atoms with Gasteiger partial charge in [-0.3, -0.25) is 0 Å². The van der Waals surface area contributed by atoms with Crippen LogP contribution in [0.3, 0.4) is 0 Å². The van der Waals surface area contributed by atoms with E-state index in [2.05, 4.69) is 254 Å². The molecular weight excluding hydrogens is 723 g/mol. The van der Waals surface area contributed by atoms with Gasteiger partial charge in [-0.25, -0.2) is 0 Å². The summed E-state index contributed by atoms with van der Waals surface area (Å²) in [6.45, 7) is 0. The van der Waals surface area contributed by atoms with E-state index in [0.717, 1.165) is 17.1 Å². The number of hydrogen-bond acceptors (Lipinski definition) is 1. The van der Waals surface area contributed by atoms with Crippen LogP contribution >= 0.6 is 0 Å². The van der Waals surface area contributed by atoms with Gasteiger partial charge in [0.2, 0.25) is 0 Å². The molecule has 10 aromatic carbocycles. The van der Waals surface area contributed by atoms with Crippen molar-refractivity contribution in [3.8, 4) is 44.5 Å². The Hall–Kier alpha value is -7.74. The zero-order valence-electron chi connectivity index (χ0n) is 33.1. The van der Waals surface area contributed by atoms with Crippen molar-refractivity contribution < 1.29 is 0 Å². The Morgan fingerprint density at radius 1 is 0.267 bits per heavy atom. The SMILES string of the molecule is c1ccc(-c2ccc(-c3cccc(N(c4cccc(-c5cccc6ccccc56)c4)c4ccc5c(c4)C(c4ccccc4)(c4ccccc4)c4ccccc4-5)c3)cc2)cc1. The van der Waals surface area contributed by atoms with Gasteiger partial charge < -0.3 is 4.90 Å². The summed E-state index contributed by atoms with van der Waals surface area (Å²) in [5.41, 5.74) is 17.6. The van der Waals surface area contributed by atoms with Crippen molar-refractivity contribution >= 4 is 27.8 Å². The van der Waals surface area contributed by atoms with Gasteiger partial charge in [0.1, 0.15) is 0 Å². The van der Waals surface area contributed by atoms with E-state index in [9.17, 15) is 0 Å². The van der Waals surface area contributed by atoms with E-state index in [-0.39, 0.29) is 0 Å². The van der Waals surface area contributed by atoms with Crippen LogP contribution in [0, 0.1) is 0 Å². The Bertz CT molecular complexity index is 3090. The molecule has 0 atom stereocenters. The molecule has 10 aromatic rings. The molecule has 0 heterocycles. The summed E-state index contributed by atoms with van der Waals surface area (Å²) in [6.07, 6.45) is 0. The minimum atomic E-state index is -0.511. The van der Waals surface area contributed by atoms with Crippen LogP contribution in [-0.2, 0) is 5.41 Å². The van der Waals surface area contributed by atoms with Crippen LogP contribution in [0.1, 0.15) is 22.3 Å². The largest absolute Gasteiger partial charge is 0.310 e. The first-order valence-electron chi connectivity index (χ1n) is 20.8. The van der Waals surface area contributed by atoms with Gasteiger partial charge in [0, 0.05) is 17.1 Å². The zero-order chi connectivity index (χ0) is 39.9. The van der Waals surface area contributed by atoms with Crippen molar-refractivity contribution in [3.63, 3.8) is 0 Å². The highest BCUT2D eigenvalue weighted by molar-refractivity contribution is 5.98. The number of anilines is 3. The molecule has 60 heavy (non-hydrogen) atoms. The second-order valence-corrected chi connectivity index (χ2v) is 15.7. The monoisotopic (exact) mass is 763 g/mol. The molecule has 1 nitrogen and oxygen atoms in total. The lowest BCUT2D eigenvalue weighted by atomic mass is 9.67. The maximum absolute atomic E-state index is 2.46. The van der Waals surface area contributed by atoms with Crippen LogP contribution in [0.5, 0.6) is 0 Å². The fourth-order valence-corrected chi connectivity index (χ4v) is 9.62. The zero-order valence-corrected chi connectivity index (χ0v) is 33.1. The van der Waals surface area contributed by atoms with Gasteiger partial charge in [-0.15, -0.1) is 0 Å². The normalized spacial score (nSPS) is 12.5. The van der Waals surface area contributed by atoms with E-state index in [1.54, 1.807) is 0 Å². The number of hydrogen-bond donors (Lipinski definition) is 0. The number of benzene rings is 10. The molecule has 0 amide bonds. The molecule has 0 saturated carbocycles. The molecule has 1 aliphatic carbocycles. The molecule has 11 rings (SSSR count). The van der Waals surface area contributed by atoms with Crippen molar-refractivity contribution in [3.05, 3.63) is 271 Å². The summed E-state index contributed by atoms with van der Waals surface area (Å²) >= 11 is 0. The van der Waals surface area contributed by atoms with E-state index in [1.165, 1.54) is 77.5 Å². The highest BCUT2D eigenvalue weighted by Crippen LogP contribution is 2.57. The van der Waals surface area contributed by atoms with Gasteiger partial charge in [-0.05, 0) is 114 Å². The Labute approximate surface area is 352 Å². The molecular formula is C59H41N. The quantitative estimate of drug-likeness (QED) is 0.149. The second kappa shape index (κ2) is 14.9. The minimum Gasteiger partial charge on any atom is -0.310 e. The van der Waals surface area contributed by atoms with Crippen molar-refractivity contribution in [2.75, 3.05) is 4.90 Å². The smallest absolute Gasteiger partial charge is 0.0714 e. The van der Waals surface area contributed by atoms with Crippen LogP contribution in [0.15, 0.2) is 249 Å². The first-order valence-corrected chi connectivity index (χ1v) is 20.8. The molecule has 0 aliphatic heterocycles. The van der Waals surface area contributed by atoms with E-state index in [1.807, 2.05) is 0 Å². The predicted molar refractivity (Wildman–Crippen MR) is 252 cm³/mol. The molecule has 0 spiro atoms. The van der Waals surface area contributed by atoms with E-state index < -0.39 is 5.41 Å². The van der Waals surface area contributed by atoms with Gasteiger partial charge in [0.15, 0.2) is 0 Å². The molecule has 0 radical (unpaired) electrons. The second-order valence-electron chi connectivity index (χ2n) is 15.7.